The Bertz CT molecular complexity index is 846. The topological polar surface area (TPSA) is 84.5 Å². The van der Waals surface area contributed by atoms with Gasteiger partial charge >= 0.3 is 5.97 Å². The van der Waals surface area contributed by atoms with Gasteiger partial charge in [-0.2, -0.15) is 0 Å². The van der Waals surface area contributed by atoms with E-state index >= 15 is 0 Å². The van der Waals surface area contributed by atoms with Crippen molar-refractivity contribution < 1.29 is 19.1 Å². The summed E-state index contributed by atoms with van der Waals surface area (Å²) < 4.78 is 4.96. The quantitative estimate of drug-likeness (QED) is 0.747. The number of fused-ring (bicyclic) bond motifs is 1. The van der Waals surface area contributed by atoms with Crippen molar-refractivity contribution in [2.45, 2.75) is 32.2 Å². The lowest BCUT2D eigenvalue weighted by Crippen LogP contribution is -2.36. The van der Waals surface area contributed by atoms with E-state index in [2.05, 4.69) is 16.7 Å². The van der Waals surface area contributed by atoms with Crippen LogP contribution < -0.4 is 10.6 Å². The van der Waals surface area contributed by atoms with Gasteiger partial charge in [-0.05, 0) is 49.4 Å². The van der Waals surface area contributed by atoms with Crippen LogP contribution in [-0.2, 0) is 20.7 Å². The Morgan fingerprint density at radius 1 is 1.19 bits per heavy atom. The molecule has 1 heterocycles. The van der Waals surface area contributed by atoms with E-state index < -0.39 is 5.97 Å². The number of thiophene rings is 1. The van der Waals surface area contributed by atoms with Gasteiger partial charge in [-0.15, -0.1) is 11.3 Å². The molecule has 3 rings (SSSR count). The lowest BCUT2D eigenvalue weighted by molar-refractivity contribution is -0.147. The van der Waals surface area contributed by atoms with Gasteiger partial charge in [0.25, 0.3) is 11.8 Å². The summed E-state index contributed by atoms with van der Waals surface area (Å²) in [5.74, 6) is -1.31. The van der Waals surface area contributed by atoms with Crippen LogP contribution >= 0.6 is 11.3 Å². The standard InChI is InChI=1S/C20H22N2O4S/c1-13-9-10-17(27-13)20(25)21-11-19(24)26-12-18(23)22-16-8-4-6-14-5-2-3-7-15(14)16/h2-3,5,7,9-10,16H,4,6,8,11-12H2,1H3,(H,21,25)(H,22,23). The second-order valence-corrected chi connectivity index (χ2v) is 7.75. The third-order valence-electron chi connectivity index (χ3n) is 4.43. The van der Waals surface area contributed by atoms with Crippen molar-refractivity contribution in [3.63, 3.8) is 0 Å². The van der Waals surface area contributed by atoms with Gasteiger partial charge in [0.15, 0.2) is 6.61 Å². The van der Waals surface area contributed by atoms with Crippen LogP contribution in [0, 0.1) is 6.92 Å². The largest absolute Gasteiger partial charge is 0.454 e. The molecule has 0 bridgehead atoms. The lowest BCUT2D eigenvalue weighted by atomic mass is 9.88. The molecule has 0 spiro atoms. The van der Waals surface area contributed by atoms with Crippen LogP contribution in [-0.4, -0.2) is 30.9 Å². The van der Waals surface area contributed by atoms with E-state index in [1.165, 1.54) is 16.9 Å². The number of rotatable bonds is 6. The molecule has 0 radical (unpaired) electrons. The summed E-state index contributed by atoms with van der Waals surface area (Å²) in [7, 11) is 0. The van der Waals surface area contributed by atoms with E-state index in [0.29, 0.717) is 4.88 Å². The maximum atomic E-state index is 12.1. The molecule has 1 unspecified atom stereocenters. The van der Waals surface area contributed by atoms with Crippen LogP contribution in [0.15, 0.2) is 36.4 Å². The maximum absolute atomic E-state index is 12.1. The molecular weight excluding hydrogens is 364 g/mol. The highest BCUT2D eigenvalue weighted by Crippen LogP contribution is 2.29. The lowest BCUT2D eigenvalue weighted by Gasteiger charge is -2.26. The zero-order valence-corrected chi connectivity index (χ0v) is 15.9. The monoisotopic (exact) mass is 386 g/mol. The smallest absolute Gasteiger partial charge is 0.325 e. The Hall–Kier alpha value is -2.67. The predicted molar refractivity (Wildman–Crippen MR) is 103 cm³/mol. The number of carbonyl (C=O) groups excluding carboxylic acids is 3. The first kappa shape index (κ1) is 19.1. The number of aryl methyl sites for hydroxylation is 2. The van der Waals surface area contributed by atoms with Gasteiger partial charge in [0, 0.05) is 4.88 Å². The summed E-state index contributed by atoms with van der Waals surface area (Å²) in [5.41, 5.74) is 2.37. The van der Waals surface area contributed by atoms with Crippen molar-refractivity contribution in [1.82, 2.24) is 10.6 Å². The van der Waals surface area contributed by atoms with E-state index in [1.807, 2.05) is 31.2 Å². The highest BCUT2D eigenvalue weighted by atomic mass is 32.1. The van der Waals surface area contributed by atoms with Crippen molar-refractivity contribution in [1.29, 1.82) is 0 Å². The van der Waals surface area contributed by atoms with E-state index in [0.717, 1.165) is 29.7 Å². The first-order chi connectivity index (χ1) is 13.0. The predicted octanol–water partition coefficient (Wildman–Crippen LogP) is 2.52. The van der Waals surface area contributed by atoms with Gasteiger partial charge < -0.3 is 15.4 Å². The summed E-state index contributed by atoms with van der Waals surface area (Å²) in [6.07, 6.45) is 2.89. The van der Waals surface area contributed by atoms with Crippen LogP contribution in [0.5, 0.6) is 0 Å². The molecule has 6 nitrogen and oxygen atoms in total. The molecular formula is C20H22N2O4S. The molecule has 0 fully saturated rings. The number of hydrogen-bond donors (Lipinski definition) is 2. The number of esters is 1. The number of ether oxygens (including phenoxy) is 1. The molecule has 2 amide bonds. The summed E-state index contributed by atoms with van der Waals surface area (Å²) in [4.78, 5) is 37.3. The third-order valence-corrected chi connectivity index (χ3v) is 5.43. The summed E-state index contributed by atoms with van der Waals surface area (Å²) >= 11 is 1.35. The normalized spacial score (nSPS) is 15.5. The van der Waals surface area contributed by atoms with Crippen molar-refractivity contribution in [3.05, 3.63) is 57.3 Å². The number of hydrogen-bond acceptors (Lipinski definition) is 5. The molecule has 1 aromatic carbocycles. The van der Waals surface area contributed by atoms with Crippen molar-refractivity contribution in [2.75, 3.05) is 13.2 Å². The molecule has 0 saturated carbocycles. The molecule has 2 N–H and O–H groups in total. The van der Waals surface area contributed by atoms with Gasteiger partial charge in [0.2, 0.25) is 0 Å². The molecule has 0 aliphatic heterocycles. The number of amides is 2. The minimum absolute atomic E-state index is 0.0528. The Morgan fingerprint density at radius 3 is 2.78 bits per heavy atom. The molecule has 2 aromatic rings. The number of benzene rings is 1. The van der Waals surface area contributed by atoms with Crippen molar-refractivity contribution in [2.24, 2.45) is 0 Å². The summed E-state index contributed by atoms with van der Waals surface area (Å²) in [5, 5.41) is 5.42. The SMILES string of the molecule is Cc1ccc(C(=O)NCC(=O)OCC(=O)NC2CCCc3ccccc32)s1. The van der Waals surface area contributed by atoms with Crippen LogP contribution in [0.25, 0.3) is 0 Å². The number of carbonyl (C=O) groups is 3. The summed E-state index contributed by atoms with van der Waals surface area (Å²) in [6, 6.07) is 11.5. The van der Waals surface area contributed by atoms with Crippen LogP contribution in [0.1, 0.15) is 44.6 Å². The molecule has 1 aromatic heterocycles. The van der Waals surface area contributed by atoms with Gasteiger partial charge in [0.05, 0.1) is 10.9 Å². The van der Waals surface area contributed by atoms with Gasteiger partial charge in [-0.1, -0.05) is 24.3 Å². The molecule has 142 valence electrons. The van der Waals surface area contributed by atoms with Crippen molar-refractivity contribution >= 4 is 29.1 Å². The fourth-order valence-corrected chi connectivity index (χ4v) is 3.92. The fraction of sp³-hybridized carbons (Fsp3) is 0.350. The number of nitrogens with one attached hydrogen (secondary N) is 2. The second kappa shape index (κ2) is 8.81. The van der Waals surface area contributed by atoms with E-state index in [9.17, 15) is 14.4 Å². The molecule has 27 heavy (non-hydrogen) atoms. The van der Waals surface area contributed by atoms with E-state index in [4.69, 9.17) is 4.74 Å². The fourth-order valence-electron chi connectivity index (χ4n) is 3.13. The zero-order valence-electron chi connectivity index (χ0n) is 15.1. The first-order valence-electron chi connectivity index (χ1n) is 8.90. The highest BCUT2D eigenvalue weighted by molar-refractivity contribution is 7.13. The van der Waals surface area contributed by atoms with Gasteiger partial charge in [-0.25, -0.2) is 0 Å². The average Bonchev–Trinajstić information content (AvgIpc) is 3.11. The van der Waals surface area contributed by atoms with Crippen molar-refractivity contribution in [3.8, 4) is 0 Å². The maximum Gasteiger partial charge on any atom is 0.325 e. The second-order valence-electron chi connectivity index (χ2n) is 6.46. The Morgan fingerprint density at radius 2 is 2.00 bits per heavy atom. The van der Waals surface area contributed by atoms with Gasteiger partial charge in [0.1, 0.15) is 6.54 Å². The van der Waals surface area contributed by atoms with Crippen LogP contribution in [0.3, 0.4) is 0 Å². The Labute approximate surface area is 161 Å². The minimum Gasteiger partial charge on any atom is -0.454 e. The Balaban J connectivity index is 1.41. The minimum atomic E-state index is -0.643. The van der Waals surface area contributed by atoms with E-state index in [1.54, 1.807) is 6.07 Å². The summed E-state index contributed by atoms with van der Waals surface area (Å²) in [6.45, 7) is 1.28. The molecule has 1 atom stereocenters. The molecule has 7 heteroatoms. The highest BCUT2D eigenvalue weighted by Gasteiger charge is 2.21. The third kappa shape index (κ3) is 5.17. The van der Waals surface area contributed by atoms with E-state index in [-0.39, 0.29) is 31.0 Å². The van der Waals surface area contributed by atoms with Crippen LogP contribution in [0.2, 0.25) is 0 Å². The van der Waals surface area contributed by atoms with Gasteiger partial charge in [-0.3, -0.25) is 14.4 Å². The molecule has 1 aliphatic rings. The van der Waals surface area contributed by atoms with Crippen LogP contribution in [0.4, 0.5) is 0 Å². The first-order valence-corrected chi connectivity index (χ1v) is 9.72. The Kier molecular flexibility index (Phi) is 6.24. The molecule has 1 aliphatic carbocycles. The zero-order chi connectivity index (χ0) is 19.2. The average molecular weight is 386 g/mol. The molecule has 0 saturated heterocycles.